The largest absolute Gasteiger partial charge is 0.497 e. The van der Waals surface area contributed by atoms with Gasteiger partial charge < -0.3 is 14.6 Å². The molecule has 0 saturated heterocycles. The summed E-state index contributed by atoms with van der Waals surface area (Å²) < 4.78 is 11.1. The van der Waals surface area contributed by atoms with E-state index in [1.807, 2.05) is 24.3 Å². The van der Waals surface area contributed by atoms with Crippen molar-refractivity contribution in [1.29, 1.82) is 0 Å². The molecule has 2 aromatic carbocycles. The van der Waals surface area contributed by atoms with E-state index in [0.717, 1.165) is 11.4 Å². The Morgan fingerprint density at radius 3 is 2.67 bits per heavy atom. The molecule has 0 fully saturated rings. The standard InChI is InChI=1S/C19H17BrN2O5/c1-26-15-5-3-14(4-6-15)22-10-12(9-21-22)19(25)16-8-13(20)2-7-17(16)27-11-18(23)24/h2-9,12H,10-11H2,1H3,(H,23,24). The number of benzene rings is 2. The van der Waals surface area contributed by atoms with Crippen molar-refractivity contribution in [2.24, 2.45) is 11.0 Å². The summed E-state index contributed by atoms with van der Waals surface area (Å²) >= 11 is 3.34. The van der Waals surface area contributed by atoms with Crippen LogP contribution >= 0.6 is 15.9 Å². The van der Waals surface area contributed by atoms with Gasteiger partial charge in [0.1, 0.15) is 11.5 Å². The monoisotopic (exact) mass is 432 g/mol. The van der Waals surface area contributed by atoms with E-state index in [0.29, 0.717) is 16.6 Å². The van der Waals surface area contributed by atoms with Gasteiger partial charge in [0.15, 0.2) is 12.4 Å². The summed E-state index contributed by atoms with van der Waals surface area (Å²) in [4.78, 5) is 23.7. The molecule has 1 N–H and O–H groups in total. The third kappa shape index (κ3) is 4.46. The maximum Gasteiger partial charge on any atom is 0.341 e. The van der Waals surface area contributed by atoms with Gasteiger partial charge in [-0.05, 0) is 42.5 Å². The minimum Gasteiger partial charge on any atom is -0.497 e. The number of methoxy groups -OCH3 is 1. The molecule has 1 unspecified atom stereocenters. The SMILES string of the molecule is COc1ccc(N2CC(C(=O)c3cc(Br)ccc3OCC(=O)O)C=N2)cc1. The van der Waals surface area contributed by atoms with E-state index in [1.165, 1.54) is 0 Å². The Balaban J connectivity index is 1.76. The predicted octanol–water partition coefficient (Wildman–Crippen LogP) is 3.23. The number of carboxylic acids is 1. The zero-order valence-electron chi connectivity index (χ0n) is 14.5. The first-order valence-corrected chi connectivity index (χ1v) is 8.91. The lowest BCUT2D eigenvalue weighted by molar-refractivity contribution is -0.139. The fraction of sp³-hybridized carbons (Fsp3) is 0.211. The van der Waals surface area contributed by atoms with E-state index in [1.54, 1.807) is 36.5 Å². The molecular weight excluding hydrogens is 416 g/mol. The molecule has 140 valence electrons. The third-order valence-corrected chi connectivity index (χ3v) is 4.51. The summed E-state index contributed by atoms with van der Waals surface area (Å²) in [5.41, 5.74) is 1.16. The minimum absolute atomic E-state index is 0.184. The van der Waals surface area contributed by atoms with Crippen LogP contribution in [-0.2, 0) is 4.79 Å². The number of ether oxygens (including phenoxy) is 2. The summed E-state index contributed by atoms with van der Waals surface area (Å²) in [7, 11) is 1.60. The first-order valence-electron chi connectivity index (χ1n) is 8.12. The number of rotatable bonds is 7. The Hall–Kier alpha value is -2.87. The lowest BCUT2D eigenvalue weighted by atomic mass is 9.98. The number of hydrogen-bond acceptors (Lipinski definition) is 6. The second kappa shape index (κ2) is 8.22. The number of hydrogen-bond donors (Lipinski definition) is 1. The molecule has 1 aliphatic heterocycles. The molecule has 0 bridgehead atoms. The van der Waals surface area contributed by atoms with Gasteiger partial charge in [-0.3, -0.25) is 9.80 Å². The fourth-order valence-electron chi connectivity index (χ4n) is 2.68. The minimum atomic E-state index is -1.11. The first-order chi connectivity index (χ1) is 13.0. The van der Waals surface area contributed by atoms with Crippen molar-refractivity contribution in [3.8, 4) is 11.5 Å². The van der Waals surface area contributed by atoms with Gasteiger partial charge in [0.25, 0.3) is 0 Å². The number of Topliss-reactive ketones (excluding diaryl/α,β-unsaturated/α-hetero) is 1. The van der Waals surface area contributed by atoms with Crippen molar-refractivity contribution >= 4 is 39.6 Å². The van der Waals surface area contributed by atoms with Crippen LogP contribution < -0.4 is 14.5 Å². The van der Waals surface area contributed by atoms with Crippen LogP contribution in [0.2, 0.25) is 0 Å². The Kier molecular flexibility index (Phi) is 5.75. The van der Waals surface area contributed by atoms with Gasteiger partial charge in [-0.25, -0.2) is 4.79 Å². The molecule has 0 spiro atoms. The maximum atomic E-state index is 13.0. The van der Waals surface area contributed by atoms with E-state index >= 15 is 0 Å². The molecule has 0 aromatic heterocycles. The second-order valence-electron chi connectivity index (χ2n) is 5.84. The summed E-state index contributed by atoms with van der Waals surface area (Å²) in [6, 6.07) is 12.3. The highest BCUT2D eigenvalue weighted by atomic mass is 79.9. The molecule has 0 amide bonds. The summed E-state index contributed by atoms with van der Waals surface area (Å²) in [5, 5.41) is 14.9. The van der Waals surface area contributed by atoms with Gasteiger partial charge in [0.05, 0.1) is 30.8 Å². The normalized spacial score (nSPS) is 15.6. The molecule has 0 aliphatic carbocycles. The number of anilines is 1. The molecule has 1 atom stereocenters. The number of carbonyl (C=O) groups is 2. The van der Waals surface area contributed by atoms with Crippen LogP contribution in [0.5, 0.6) is 11.5 Å². The lowest BCUT2D eigenvalue weighted by Gasteiger charge is -2.17. The smallest absolute Gasteiger partial charge is 0.341 e. The molecule has 0 radical (unpaired) electrons. The van der Waals surface area contributed by atoms with Crippen molar-refractivity contribution in [3.05, 3.63) is 52.5 Å². The highest BCUT2D eigenvalue weighted by molar-refractivity contribution is 9.10. The van der Waals surface area contributed by atoms with Crippen LogP contribution in [0.1, 0.15) is 10.4 Å². The maximum absolute atomic E-state index is 13.0. The number of carbonyl (C=O) groups excluding carboxylic acids is 1. The Morgan fingerprint density at radius 1 is 1.26 bits per heavy atom. The average Bonchev–Trinajstić information content (AvgIpc) is 3.16. The number of hydrazone groups is 1. The molecule has 1 heterocycles. The van der Waals surface area contributed by atoms with Crippen LogP contribution in [0.4, 0.5) is 5.69 Å². The molecule has 7 nitrogen and oxygen atoms in total. The van der Waals surface area contributed by atoms with Crippen molar-refractivity contribution in [2.45, 2.75) is 0 Å². The summed E-state index contributed by atoms with van der Waals surface area (Å²) in [6.07, 6.45) is 1.59. The van der Waals surface area contributed by atoms with Gasteiger partial charge in [0.2, 0.25) is 0 Å². The molecule has 0 saturated carbocycles. The van der Waals surface area contributed by atoms with Crippen LogP contribution in [0.15, 0.2) is 52.0 Å². The van der Waals surface area contributed by atoms with Crippen molar-refractivity contribution in [1.82, 2.24) is 0 Å². The molecule has 2 aromatic rings. The van der Waals surface area contributed by atoms with Gasteiger partial charge in [-0.2, -0.15) is 5.10 Å². The first kappa shape index (κ1) is 18.9. The average molecular weight is 433 g/mol. The number of aliphatic carboxylic acids is 1. The van der Waals surface area contributed by atoms with E-state index in [-0.39, 0.29) is 11.5 Å². The van der Waals surface area contributed by atoms with E-state index < -0.39 is 18.5 Å². The topological polar surface area (TPSA) is 88.4 Å². The molecule has 27 heavy (non-hydrogen) atoms. The highest BCUT2D eigenvalue weighted by Crippen LogP contribution is 2.29. The lowest BCUT2D eigenvalue weighted by Crippen LogP contribution is -2.24. The predicted molar refractivity (Wildman–Crippen MR) is 104 cm³/mol. The van der Waals surface area contributed by atoms with Crippen LogP contribution in [-0.4, -0.2) is 43.3 Å². The number of carboxylic acid groups (broad SMARTS) is 1. The quantitative estimate of drug-likeness (QED) is 0.675. The van der Waals surface area contributed by atoms with Crippen molar-refractivity contribution in [3.63, 3.8) is 0 Å². The zero-order valence-corrected chi connectivity index (χ0v) is 16.0. The Bertz CT molecular complexity index is 882. The van der Waals surface area contributed by atoms with Crippen molar-refractivity contribution in [2.75, 3.05) is 25.3 Å². The third-order valence-electron chi connectivity index (χ3n) is 4.02. The van der Waals surface area contributed by atoms with Gasteiger partial charge in [-0.15, -0.1) is 0 Å². The number of nitrogens with zero attached hydrogens (tertiary/aromatic N) is 2. The molecule has 3 rings (SSSR count). The van der Waals surface area contributed by atoms with Gasteiger partial charge in [0, 0.05) is 10.7 Å². The number of ketones is 1. The fourth-order valence-corrected chi connectivity index (χ4v) is 3.04. The van der Waals surface area contributed by atoms with Crippen LogP contribution in [0.3, 0.4) is 0 Å². The van der Waals surface area contributed by atoms with Crippen LogP contribution in [0, 0.1) is 5.92 Å². The Labute approximate surface area is 164 Å². The highest BCUT2D eigenvalue weighted by Gasteiger charge is 2.28. The molecule has 1 aliphatic rings. The van der Waals surface area contributed by atoms with Gasteiger partial charge >= 0.3 is 5.97 Å². The van der Waals surface area contributed by atoms with Crippen molar-refractivity contribution < 1.29 is 24.2 Å². The molecular formula is C19H17BrN2O5. The number of halogens is 1. The molecule has 8 heteroatoms. The Morgan fingerprint density at radius 2 is 2.00 bits per heavy atom. The van der Waals surface area contributed by atoms with E-state index in [2.05, 4.69) is 21.0 Å². The zero-order chi connectivity index (χ0) is 19.4. The second-order valence-corrected chi connectivity index (χ2v) is 6.75. The van der Waals surface area contributed by atoms with Crippen LogP contribution in [0.25, 0.3) is 0 Å². The van der Waals surface area contributed by atoms with E-state index in [9.17, 15) is 9.59 Å². The summed E-state index contributed by atoms with van der Waals surface area (Å²) in [5.74, 6) is -0.778. The summed E-state index contributed by atoms with van der Waals surface area (Å²) in [6.45, 7) is -0.130. The van der Waals surface area contributed by atoms with Gasteiger partial charge in [-0.1, -0.05) is 15.9 Å². The van der Waals surface area contributed by atoms with E-state index in [4.69, 9.17) is 14.6 Å².